The fourth-order valence-corrected chi connectivity index (χ4v) is 2.19. The summed E-state index contributed by atoms with van der Waals surface area (Å²) in [6.07, 6.45) is 0. The van der Waals surface area contributed by atoms with Gasteiger partial charge >= 0.3 is 5.97 Å². The van der Waals surface area contributed by atoms with Crippen LogP contribution >= 0.6 is 34.8 Å². The second-order valence-electron chi connectivity index (χ2n) is 3.49. The molecule has 0 fully saturated rings. The molecule has 0 spiro atoms. The van der Waals surface area contributed by atoms with Gasteiger partial charge in [0.2, 0.25) is 5.91 Å². The van der Waals surface area contributed by atoms with E-state index in [2.05, 4.69) is 0 Å². The molecule has 0 atom stereocenters. The van der Waals surface area contributed by atoms with E-state index in [1.807, 2.05) is 0 Å². The molecule has 0 aliphatic heterocycles. The van der Waals surface area contributed by atoms with Crippen LogP contribution in [0.15, 0.2) is 18.2 Å². The van der Waals surface area contributed by atoms with Crippen LogP contribution < -0.4 is 4.90 Å². The molecule has 4 nitrogen and oxygen atoms in total. The fraction of sp³-hybridized carbons (Fsp3) is 0.333. The lowest BCUT2D eigenvalue weighted by molar-refractivity contribution is -0.142. The SMILES string of the molecule is CCOC(=O)CN(C(=O)CCl)c1c(Cl)cccc1Cl. The van der Waals surface area contributed by atoms with Crippen molar-refractivity contribution in [2.75, 3.05) is 23.9 Å². The summed E-state index contributed by atoms with van der Waals surface area (Å²) in [5.41, 5.74) is 0.254. The highest BCUT2D eigenvalue weighted by Crippen LogP contribution is 2.33. The average molecular weight is 325 g/mol. The van der Waals surface area contributed by atoms with Gasteiger partial charge in [-0.1, -0.05) is 29.3 Å². The van der Waals surface area contributed by atoms with Crippen LogP contribution in [-0.4, -0.2) is 30.9 Å². The van der Waals surface area contributed by atoms with Gasteiger partial charge in [-0.25, -0.2) is 0 Å². The van der Waals surface area contributed by atoms with E-state index in [0.29, 0.717) is 0 Å². The fourth-order valence-electron chi connectivity index (χ4n) is 1.45. The summed E-state index contributed by atoms with van der Waals surface area (Å²) in [6, 6.07) is 4.78. The number of carbonyl (C=O) groups is 2. The maximum atomic E-state index is 11.8. The topological polar surface area (TPSA) is 46.6 Å². The van der Waals surface area contributed by atoms with Crippen molar-refractivity contribution in [2.24, 2.45) is 0 Å². The van der Waals surface area contributed by atoms with E-state index in [1.165, 1.54) is 0 Å². The van der Waals surface area contributed by atoms with E-state index in [0.717, 1.165) is 4.90 Å². The predicted octanol–water partition coefficient (Wildman–Crippen LogP) is 3.13. The Bertz CT molecular complexity index is 459. The number of carbonyl (C=O) groups excluding carboxylic acids is 2. The van der Waals surface area contributed by atoms with Crippen molar-refractivity contribution >= 4 is 52.4 Å². The second kappa shape index (κ2) is 7.58. The third-order valence-corrected chi connectivity index (χ3v) is 3.05. The Hall–Kier alpha value is -0.970. The van der Waals surface area contributed by atoms with Gasteiger partial charge in [-0.15, -0.1) is 11.6 Å². The molecule has 0 aromatic heterocycles. The third kappa shape index (κ3) is 4.27. The maximum Gasteiger partial charge on any atom is 0.326 e. The summed E-state index contributed by atoms with van der Waals surface area (Å²) < 4.78 is 4.81. The van der Waals surface area contributed by atoms with Gasteiger partial charge in [0.1, 0.15) is 12.4 Å². The lowest BCUT2D eigenvalue weighted by Gasteiger charge is -2.23. The number of amides is 1. The highest BCUT2D eigenvalue weighted by Gasteiger charge is 2.23. The molecule has 0 aliphatic rings. The first-order chi connectivity index (χ1) is 9.01. The van der Waals surface area contributed by atoms with Crippen LogP contribution in [0.25, 0.3) is 0 Å². The molecule has 0 N–H and O–H groups in total. The number of anilines is 1. The number of benzene rings is 1. The van der Waals surface area contributed by atoms with E-state index in [9.17, 15) is 9.59 Å². The van der Waals surface area contributed by atoms with Crippen LogP contribution in [0.5, 0.6) is 0 Å². The molecule has 0 radical (unpaired) electrons. The van der Waals surface area contributed by atoms with Gasteiger partial charge in [0.15, 0.2) is 0 Å². The summed E-state index contributed by atoms with van der Waals surface area (Å²) >= 11 is 17.6. The minimum Gasteiger partial charge on any atom is -0.465 e. The van der Waals surface area contributed by atoms with E-state index in [-0.39, 0.29) is 34.8 Å². The van der Waals surface area contributed by atoms with Crippen molar-refractivity contribution in [1.29, 1.82) is 0 Å². The van der Waals surface area contributed by atoms with Crippen molar-refractivity contribution < 1.29 is 14.3 Å². The van der Waals surface area contributed by atoms with Crippen LogP contribution in [0.3, 0.4) is 0 Å². The zero-order valence-corrected chi connectivity index (χ0v) is 12.4. The second-order valence-corrected chi connectivity index (χ2v) is 4.57. The molecule has 1 aromatic rings. The lowest BCUT2D eigenvalue weighted by Crippen LogP contribution is -2.37. The Morgan fingerprint density at radius 1 is 1.26 bits per heavy atom. The number of halogens is 3. The van der Waals surface area contributed by atoms with Crippen molar-refractivity contribution in [3.8, 4) is 0 Å². The standard InChI is InChI=1S/C12H12Cl3NO3/c1-2-19-11(18)7-16(10(17)6-13)12-8(14)4-3-5-9(12)15/h3-5H,2,6-7H2,1H3. The number of ether oxygens (including phenoxy) is 1. The molecule has 7 heteroatoms. The molecule has 1 rings (SSSR count). The zero-order valence-electron chi connectivity index (χ0n) is 10.2. The quantitative estimate of drug-likeness (QED) is 0.617. The number of hydrogen-bond donors (Lipinski definition) is 0. The van der Waals surface area contributed by atoms with Crippen LogP contribution in [-0.2, 0) is 14.3 Å². The Kier molecular flexibility index (Phi) is 6.42. The Morgan fingerprint density at radius 2 is 1.84 bits per heavy atom. The molecule has 19 heavy (non-hydrogen) atoms. The largest absolute Gasteiger partial charge is 0.465 e. The van der Waals surface area contributed by atoms with Gasteiger partial charge in [0, 0.05) is 0 Å². The van der Waals surface area contributed by atoms with Crippen LogP contribution in [0.2, 0.25) is 10.0 Å². The minimum atomic E-state index is -0.558. The van der Waals surface area contributed by atoms with Crippen molar-refractivity contribution in [2.45, 2.75) is 6.92 Å². The van der Waals surface area contributed by atoms with Crippen LogP contribution in [0.4, 0.5) is 5.69 Å². The first kappa shape index (κ1) is 16.1. The summed E-state index contributed by atoms with van der Waals surface area (Å²) in [4.78, 5) is 24.5. The summed E-state index contributed by atoms with van der Waals surface area (Å²) in [5.74, 6) is -1.33. The third-order valence-electron chi connectivity index (χ3n) is 2.22. The van der Waals surface area contributed by atoms with Gasteiger partial charge in [0.25, 0.3) is 0 Å². The van der Waals surface area contributed by atoms with E-state index in [4.69, 9.17) is 39.5 Å². The number of para-hydroxylation sites is 1. The smallest absolute Gasteiger partial charge is 0.326 e. The van der Waals surface area contributed by atoms with Crippen LogP contribution in [0, 0.1) is 0 Å². The Labute approximate surface area is 126 Å². The molecule has 0 saturated carbocycles. The molecular formula is C12H12Cl3NO3. The van der Waals surface area contributed by atoms with E-state index >= 15 is 0 Å². The summed E-state index contributed by atoms with van der Waals surface area (Å²) in [6.45, 7) is 1.61. The van der Waals surface area contributed by atoms with Gasteiger partial charge < -0.3 is 4.74 Å². The molecule has 0 aliphatic carbocycles. The number of alkyl halides is 1. The minimum absolute atomic E-state index is 0.220. The van der Waals surface area contributed by atoms with Crippen LogP contribution in [0.1, 0.15) is 6.92 Å². The molecule has 1 aromatic carbocycles. The normalized spacial score (nSPS) is 10.1. The first-order valence-electron chi connectivity index (χ1n) is 5.47. The van der Waals surface area contributed by atoms with Crippen molar-refractivity contribution in [3.63, 3.8) is 0 Å². The maximum absolute atomic E-state index is 11.8. The van der Waals surface area contributed by atoms with Gasteiger partial charge in [-0.3, -0.25) is 14.5 Å². The molecule has 1 amide bonds. The molecule has 0 heterocycles. The Morgan fingerprint density at radius 3 is 2.32 bits per heavy atom. The van der Waals surface area contributed by atoms with Gasteiger partial charge in [-0.05, 0) is 19.1 Å². The summed E-state index contributed by atoms with van der Waals surface area (Å²) in [7, 11) is 0. The molecule has 104 valence electrons. The number of esters is 1. The van der Waals surface area contributed by atoms with Gasteiger partial charge in [-0.2, -0.15) is 0 Å². The van der Waals surface area contributed by atoms with E-state index < -0.39 is 11.9 Å². The van der Waals surface area contributed by atoms with Gasteiger partial charge in [0.05, 0.1) is 22.3 Å². The lowest BCUT2D eigenvalue weighted by atomic mass is 10.2. The average Bonchev–Trinajstić information content (AvgIpc) is 2.36. The predicted molar refractivity (Wildman–Crippen MR) is 76.2 cm³/mol. The zero-order chi connectivity index (χ0) is 14.4. The highest BCUT2D eigenvalue weighted by atomic mass is 35.5. The monoisotopic (exact) mass is 323 g/mol. The number of nitrogens with zero attached hydrogens (tertiary/aromatic N) is 1. The molecule has 0 saturated heterocycles. The number of rotatable bonds is 5. The van der Waals surface area contributed by atoms with Crippen molar-refractivity contribution in [1.82, 2.24) is 0 Å². The molecular weight excluding hydrogens is 312 g/mol. The van der Waals surface area contributed by atoms with Crippen molar-refractivity contribution in [3.05, 3.63) is 28.2 Å². The van der Waals surface area contributed by atoms with E-state index in [1.54, 1.807) is 25.1 Å². The number of hydrogen-bond acceptors (Lipinski definition) is 3. The first-order valence-corrected chi connectivity index (χ1v) is 6.76. The molecule has 0 bridgehead atoms. The molecule has 0 unspecified atom stereocenters. The Balaban J connectivity index is 3.10. The summed E-state index contributed by atoms with van der Waals surface area (Å²) in [5, 5.41) is 0.519. The highest BCUT2D eigenvalue weighted by molar-refractivity contribution is 6.40.